The fraction of sp³-hybridized carbons (Fsp3) is 0.438. The fourth-order valence-corrected chi connectivity index (χ4v) is 2.04. The van der Waals surface area contributed by atoms with E-state index in [1.165, 1.54) is 0 Å². The Hall–Kier alpha value is -2.21. The molecule has 1 saturated carbocycles. The summed E-state index contributed by atoms with van der Waals surface area (Å²) in [7, 11) is 0. The Labute approximate surface area is 128 Å². The molecule has 0 bridgehead atoms. The van der Waals surface area contributed by atoms with Gasteiger partial charge in [-0.05, 0) is 51.0 Å². The number of nitrogens with one attached hydrogen (secondary N) is 1. The van der Waals surface area contributed by atoms with Crippen molar-refractivity contribution in [1.82, 2.24) is 15.5 Å². The molecule has 0 unspecified atom stereocenters. The van der Waals surface area contributed by atoms with Crippen molar-refractivity contribution in [2.24, 2.45) is 0 Å². The van der Waals surface area contributed by atoms with Crippen molar-refractivity contribution in [1.29, 1.82) is 0 Å². The topological polar surface area (TPSA) is 88.2 Å². The number of hydrogen-bond acceptors (Lipinski definition) is 5. The Balaban J connectivity index is 1.72. The standard InChI is InChI=1S/C16H19N3O3/c1-16(2,9-20)18-14(21)11-5-7-12(8-6-11)15-17-13(19-22-15)10-3-4-10/h5-8,10,20H,3-4,9H2,1-2H3,(H,18,21). The maximum absolute atomic E-state index is 12.1. The third kappa shape index (κ3) is 3.17. The molecule has 1 heterocycles. The maximum Gasteiger partial charge on any atom is 0.257 e. The summed E-state index contributed by atoms with van der Waals surface area (Å²) >= 11 is 0. The zero-order valence-electron chi connectivity index (χ0n) is 12.7. The summed E-state index contributed by atoms with van der Waals surface area (Å²) in [5, 5.41) is 15.9. The van der Waals surface area contributed by atoms with Crippen LogP contribution in [0.15, 0.2) is 28.8 Å². The lowest BCUT2D eigenvalue weighted by molar-refractivity contribution is 0.0869. The number of aliphatic hydroxyl groups excluding tert-OH is 1. The van der Waals surface area contributed by atoms with Gasteiger partial charge in [-0.15, -0.1) is 0 Å². The Morgan fingerprint density at radius 1 is 1.36 bits per heavy atom. The molecule has 1 fully saturated rings. The molecule has 0 spiro atoms. The first-order valence-corrected chi connectivity index (χ1v) is 7.36. The minimum atomic E-state index is -0.651. The quantitative estimate of drug-likeness (QED) is 0.883. The number of rotatable bonds is 5. The van der Waals surface area contributed by atoms with Crippen molar-refractivity contribution in [2.75, 3.05) is 6.61 Å². The van der Waals surface area contributed by atoms with Crippen molar-refractivity contribution >= 4 is 5.91 Å². The number of aromatic nitrogens is 2. The van der Waals surface area contributed by atoms with Crippen LogP contribution in [0.25, 0.3) is 11.5 Å². The number of hydrogen-bond donors (Lipinski definition) is 2. The summed E-state index contributed by atoms with van der Waals surface area (Å²) in [5.41, 5.74) is 0.658. The lowest BCUT2D eigenvalue weighted by Crippen LogP contribution is -2.46. The molecule has 6 nitrogen and oxygen atoms in total. The van der Waals surface area contributed by atoms with Crippen LogP contribution in [-0.2, 0) is 0 Å². The summed E-state index contributed by atoms with van der Waals surface area (Å²) < 4.78 is 5.26. The summed E-state index contributed by atoms with van der Waals surface area (Å²) in [6.45, 7) is 3.40. The van der Waals surface area contributed by atoms with Crippen LogP contribution in [0.2, 0.25) is 0 Å². The van der Waals surface area contributed by atoms with Crippen molar-refractivity contribution in [3.63, 3.8) is 0 Å². The highest BCUT2D eigenvalue weighted by Gasteiger charge is 2.29. The number of amides is 1. The van der Waals surface area contributed by atoms with Gasteiger partial charge in [-0.25, -0.2) is 0 Å². The van der Waals surface area contributed by atoms with E-state index in [0.717, 1.165) is 24.2 Å². The largest absolute Gasteiger partial charge is 0.394 e. The number of carbonyl (C=O) groups excluding carboxylic acids is 1. The average molecular weight is 301 g/mol. The van der Waals surface area contributed by atoms with Gasteiger partial charge in [0.2, 0.25) is 0 Å². The average Bonchev–Trinajstić information content (AvgIpc) is 3.24. The van der Waals surface area contributed by atoms with Gasteiger partial charge in [-0.1, -0.05) is 5.16 Å². The highest BCUT2D eigenvalue weighted by Crippen LogP contribution is 2.38. The second kappa shape index (κ2) is 5.53. The van der Waals surface area contributed by atoms with Gasteiger partial charge in [-0.3, -0.25) is 4.79 Å². The molecule has 0 aliphatic heterocycles. The molecule has 3 rings (SSSR count). The molecular formula is C16H19N3O3. The molecule has 116 valence electrons. The van der Waals surface area contributed by atoms with Gasteiger partial charge in [0, 0.05) is 17.0 Å². The van der Waals surface area contributed by atoms with Gasteiger partial charge in [0.05, 0.1) is 12.1 Å². The monoisotopic (exact) mass is 301 g/mol. The van der Waals surface area contributed by atoms with Crippen LogP contribution in [0.1, 0.15) is 48.8 Å². The van der Waals surface area contributed by atoms with E-state index in [4.69, 9.17) is 4.52 Å². The van der Waals surface area contributed by atoms with Gasteiger partial charge in [0.1, 0.15) is 0 Å². The predicted molar refractivity (Wildman–Crippen MR) is 80.3 cm³/mol. The molecule has 0 saturated heterocycles. The molecule has 0 radical (unpaired) electrons. The van der Waals surface area contributed by atoms with E-state index < -0.39 is 5.54 Å². The molecule has 2 aromatic rings. The van der Waals surface area contributed by atoms with Crippen LogP contribution in [-0.4, -0.2) is 33.3 Å². The number of benzene rings is 1. The first-order valence-electron chi connectivity index (χ1n) is 7.36. The lowest BCUT2D eigenvalue weighted by atomic mass is 10.1. The van der Waals surface area contributed by atoms with Gasteiger partial charge in [0.15, 0.2) is 5.82 Å². The zero-order valence-corrected chi connectivity index (χ0v) is 12.7. The van der Waals surface area contributed by atoms with Crippen molar-refractivity contribution in [3.8, 4) is 11.5 Å². The SMILES string of the molecule is CC(C)(CO)NC(=O)c1ccc(-c2nc(C3CC3)no2)cc1. The van der Waals surface area contributed by atoms with E-state index in [-0.39, 0.29) is 12.5 Å². The number of carbonyl (C=O) groups is 1. The van der Waals surface area contributed by atoms with Gasteiger partial charge in [0.25, 0.3) is 11.8 Å². The molecule has 0 atom stereocenters. The Morgan fingerprint density at radius 3 is 2.64 bits per heavy atom. The van der Waals surface area contributed by atoms with Gasteiger partial charge < -0.3 is 14.9 Å². The summed E-state index contributed by atoms with van der Waals surface area (Å²) in [4.78, 5) is 16.5. The van der Waals surface area contributed by atoms with Crippen LogP contribution in [0, 0.1) is 0 Å². The first kappa shape index (κ1) is 14.7. The van der Waals surface area contributed by atoms with Crippen molar-refractivity contribution in [2.45, 2.75) is 38.1 Å². The molecule has 1 aromatic heterocycles. The second-order valence-electron chi connectivity index (χ2n) is 6.31. The molecule has 1 aliphatic rings. The fourth-order valence-electron chi connectivity index (χ4n) is 2.04. The zero-order chi connectivity index (χ0) is 15.7. The third-order valence-corrected chi connectivity index (χ3v) is 3.63. The van der Waals surface area contributed by atoms with E-state index in [0.29, 0.717) is 17.4 Å². The van der Waals surface area contributed by atoms with Crippen molar-refractivity contribution in [3.05, 3.63) is 35.7 Å². The molecule has 6 heteroatoms. The molecule has 22 heavy (non-hydrogen) atoms. The second-order valence-corrected chi connectivity index (χ2v) is 6.31. The summed E-state index contributed by atoms with van der Waals surface area (Å²) in [6.07, 6.45) is 2.25. The molecule has 1 amide bonds. The Kier molecular flexibility index (Phi) is 3.70. The molecule has 1 aromatic carbocycles. The van der Waals surface area contributed by atoms with Crippen LogP contribution in [0.3, 0.4) is 0 Å². The van der Waals surface area contributed by atoms with E-state index in [2.05, 4.69) is 15.5 Å². The van der Waals surface area contributed by atoms with E-state index in [1.807, 2.05) is 0 Å². The molecular weight excluding hydrogens is 282 g/mol. The minimum absolute atomic E-state index is 0.122. The first-order chi connectivity index (χ1) is 10.5. The molecule has 1 aliphatic carbocycles. The van der Waals surface area contributed by atoms with Gasteiger partial charge in [-0.2, -0.15) is 4.98 Å². The van der Waals surface area contributed by atoms with Crippen LogP contribution in [0.5, 0.6) is 0 Å². The van der Waals surface area contributed by atoms with Crippen LogP contribution in [0.4, 0.5) is 0 Å². The lowest BCUT2D eigenvalue weighted by Gasteiger charge is -2.23. The van der Waals surface area contributed by atoms with Gasteiger partial charge >= 0.3 is 0 Å². The predicted octanol–water partition coefficient (Wildman–Crippen LogP) is 2.11. The van der Waals surface area contributed by atoms with Crippen molar-refractivity contribution < 1.29 is 14.4 Å². The third-order valence-electron chi connectivity index (χ3n) is 3.63. The number of nitrogens with zero attached hydrogens (tertiary/aromatic N) is 2. The van der Waals surface area contributed by atoms with Crippen LogP contribution >= 0.6 is 0 Å². The highest BCUT2D eigenvalue weighted by molar-refractivity contribution is 5.95. The summed E-state index contributed by atoms with van der Waals surface area (Å²) in [6, 6.07) is 6.98. The smallest absolute Gasteiger partial charge is 0.257 e. The normalized spacial score (nSPS) is 14.9. The number of aliphatic hydroxyl groups is 1. The molecule has 2 N–H and O–H groups in total. The van der Waals surface area contributed by atoms with Crippen LogP contribution < -0.4 is 5.32 Å². The maximum atomic E-state index is 12.1. The summed E-state index contributed by atoms with van der Waals surface area (Å²) in [5.74, 6) is 1.46. The Bertz CT molecular complexity index is 672. The van der Waals surface area contributed by atoms with E-state index in [1.54, 1.807) is 38.1 Å². The van der Waals surface area contributed by atoms with E-state index >= 15 is 0 Å². The van der Waals surface area contributed by atoms with E-state index in [9.17, 15) is 9.90 Å². The minimum Gasteiger partial charge on any atom is -0.394 e. The highest BCUT2D eigenvalue weighted by atomic mass is 16.5. The Morgan fingerprint density at radius 2 is 2.05 bits per heavy atom.